The maximum absolute atomic E-state index is 12.0. The molecule has 1 amide bonds. The minimum absolute atomic E-state index is 0.00180. The van der Waals surface area contributed by atoms with Crippen LogP contribution in [-0.2, 0) is 4.79 Å². The van der Waals surface area contributed by atoms with E-state index in [1.54, 1.807) is 25.2 Å². The lowest BCUT2D eigenvalue weighted by atomic mass is 9.96. The van der Waals surface area contributed by atoms with Crippen molar-refractivity contribution in [2.45, 2.75) is 50.6 Å². The van der Waals surface area contributed by atoms with E-state index in [0.29, 0.717) is 11.1 Å². The van der Waals surface area contributed by atoms with Gasteiger partial charge in [-0.1, -0.05) is 30.9 Å². The summed E-state index contributed by atoms with van der Waals surface area (Å²) in [5, 5.41) is 7.76. The molecule has 0 radical (unpaired) electrons. The van der Waals surface area contributed by atoms with Crippen LogP contribution >= 0.6 is 11.6 Å². The molecule has 7 nitrogen and oxygen atoms in total. The number of likely N-dealkylation sites (N-methyl/N-ethyl adjacent to an activating group) is 1. The standard InChI is InChI=1S/C20H31ClN6O/c1-26(2)18(28)13-23-20(24-15-7-4-3-5-8-15)25-16-10-12-27(14-16)19-17(21)9-6-11-22-19/h6,9,11,15-16H,3-5,7-8,10,12-14H2,1-2H3,(H2,23,24,25). The number of carbonyl (C=O) groups is 1. The molecule has 1 unspecified atom stereocenters. The number of hydrogen-bond donors (Lipinski definition) is 2. The Morgan fingerprint density at radius 3 is 2.71 bits per heavy atom. The lowest BCUT2D eigenvalue weighted by molar-refractivity contribution is -0.127. The van der Waals surface area contributed by atoms with Crippen LogP contribution in [0.4, 0.5) is 5.82 Å². The molecule has 1 atom stereocenters. The van der Waals surface area contributed by atoms with Gasteiger partial charge in [-0.05, 0) is 31.4 Å². The quantitative estimate of drug-likeness (QED) is 0.579. The highest BCUT2D eigenvalue weighted by atomic mass is 35.5. The van der Waals surface area contributed by atoms with Crippen molar-refractivity contribution in [3.05, 3.63) is 23.4 Å². The predicted molar refractivity (Wildman–Crippen MR) is 114 cm³/mol. The number of halogens is 1. The van der Waals surface area contributed by atoms with Crippen LogP contribution in [0.3, 0.4) is 0 Å². The van der Waals surface area contributed by atoms with Crippen molar-refractivity contribution >= 4 is 29.3 Å². The Labute approximate surface area is 172 Å². The fourth-order valence-corrected chi connectivity index (χ4v) is 3.98. The highest BCUT2D eigenvalue weighted by Gasteiger charge is 2.26. The van der Waals surface area contributed by atoms with E-state index < -0.39 is 0 Å². The number of aliphatic imine (C=N–C) groups is 1. The van der Waals surface area contributed by atoms with Crippen LogP contribution in [0.2, 0.25) is 5.02 Å². The molecule has 8 heteroatoms. The van der Waals surface area contributed by atoms with Gasteiger partial charge < -0.3 is 20.4 Å². The van der Waals surface area contributed by atoms with Crippen LogP contribution in [0.25, 0.3) is 0 Å². The summed E-state index contributed by atoms with van der Waals surface area (Å²) in [6, 6.07) is 4.38. The second-order valence-corrected chi connectivity index (χ2v) is 8.22. The molecule has 2 heterocycles. The van der Waals surface area contributed by atoms with Gasteiger partial charge in [-0.15, -0.1) is 0 Å². The number of rotatable bonds is 5. The maximum atomic E-state index is 12.0. The third-order valence-corrected chi connectivity index (χ3v) is 5.68. The van der Waals surface area contributed by atoms with Gasteiger partial charge >= 0.3 is 0 Å². The predicted octanol–water partition coefficient (Wildman–Crippen LogP) is 2.27. The molecule has 0 bridgehead atoms. The summed E-state index contributed by atoms with van der Waals surface area (Å²) in [4.78, 5) is 24.7. The minimum Gasteiger partial charge on any atom is -0.354 e. The third kappa shape index (κ3) is 5.74. The molecule has 2 aliphatic rings. The number of nitrogens with one attached hydrogen (secondary N) is 2. The summed E-state index contributed by atoms with van der Waals surface area (Å²) in [6.07, 6.45) is 8.85. The Morgan fingerprint density at radius 2 is 2.00 bits per heavy atom. The molecule has 2 N–H and O–H groups in total. The van der Waals surface area contributed by atoms with Crippen LogP contribution in [-0.4, -0.2) is 67.6 Å². The molecule has 2 fully saturated rings. The number of aromatic nitrogens is 1. The van der Waals surface area contributed by atoms with E-state index in [0.717, 1.165) is 44.1 Å². The number of hydrogen-bond acceptors (Lipinski definition) is 4. The van der Waals surface area contributed by atoms with E-state index in [9.17, 15) is 4.79 Å². The van der Waals surface area contributed by atoms with Crippen LogP contribution in [0.15, 0.2) is 23.3 Å². The van der Waals surface area contributed by atoms with Crippen molar-refractivity contribution in [3.8, 4) is 0 Å². The Bertz CT molecular complexity index is 689. The molecule has 1 aliphatic heterocycles. The van der Waals surface area contributed by atoms with Gasteiger partial charge in [-0.2, -0.15) is 0 Å². The maximum Gasteiger partial charge on any atom is 0.243 e. The van der Waals surface area contributed by atoms with Gasteiger partial charge in [0, 0.05) is 45.5 Å². The lowest BCUT2D eigenvalue weighted by Gasteiger charge is -2.27. The van der Waals surface area contributed by atoms with E-state index in [-0.39, 0.29) is 18.5 Å². The molecule has 0 spiro atoms. The van der Waals surface area contributed by atoms with E-state index in [2.05, 4.69) is 25.5 Å². The zero-order chi connectivity index (χ0) is 19.9. The van der Waals surface area contributed by atoms with Gasteiger partial charge in [0.1, 0.15) is 12.4 Å². The minimum atomic E-state index is -0.00180. The first kappa shape index (κ1) is 20.7. The van der Waals surface area contributed by atoms with E-state index >= 15 is 0 Å². The molecular formula is C20H31ClN6O. The van der Waals surface area contributed by atoms with Crippen molar-refractivity contribution in [2.24, 2.45) is 4.99 Å². The Kier molecular flexibility index (Phi) is 7.36. The van der Waals surface area contributed by atoms with Gasteiger partial charge in [0.2, 0.25) is 5.91 Å². The van der Waals surface area contributed by atoms with Gasteiger partial charge in [-0.25, -0.2) is 9.98 Å². The molecular weight excluding hydrogens is 376 g/mol. The average Bonchev–Trinajstić information content (AvgIpc) is 3.15. The molecule has 0 aromatic carbocycles. The number of anilines is 1. The van der Waals surface area contributed by atoms with Gasteiger partial charge in [-0.3, -0.25) is 4.79 Å². The molecule has 1 aliphatic carbocycles. The summed E-state index contributed by atoms with van der Waals surface area (Å²) in [7, 11) is 3.51. The topological polar surface area (TPSA) is 72.9 Å². The van der Waals surface area contributed by atoms with E-state index in [1.165, 1.54) is 19.3 Å². The van der Waals surface area contributed by atoms with E-state index in [1.807, 2.05) is 12.1 Å². The van der Waals surface area contributed by atoms with Crippen molar-refractivity contribution < 1.29 is 4.79 Å². The second kappa shape index (κ2) is 9.96. The number of carbonyl (C=O) groups excluding carboxylic acids is 1. The van der Waals surface area contributed by atoms with Gasteiger partial charge in [0.15, 0.2) is 5.96 Å². The fraction of sp³-hybridized carbons (Fsp3) is 0.650. The van der Waals surface area contributed by atoms with Crippen LogP contribution in [0, 0.1) is 0 Å². The first-order valence-corrected chi connectivity index (χ1v) is 10.5. The molecule has 1 aromatic rings. The fourth-order valence-electron chi connectivity index (χ4n) is 3.74. The highest BCUT2D eigenvalue weighted by Crippen LogP contribution is 2.25. The van der Waals surface area contributed by atoms with Crippen molar-refractivity contribution in [2.75, 3.05) is 38.6 Å². The Balaban J connectivity index is 1.62. The molecule has 1 saturated carbocycles. The highest BCUT2D eigenvalue weighted by molar-refractivity contribution is 6.32. The summed E-state index contributed by atoms with van der Waals surface area (Å²) >= 11 is 6.30. The summed E-state index contributed by atoms with van der Waals surface area (Å²) in [5.74, 6) is 1.56. The first-order valence-electron chi connectivity index (χ1n) is 10.2. The normalized spacial score (nSPS) is 20.9. The first-order chi connectivity index (χ1) is 13.5. The van der Waals surface area contributed by atoms with Crippen molar-refractivity contribution in [3.63, 3.8) is 0 Å². The monoisotopic (exact) mass is 406 g/mol. The second-order valence-electron chi connectivity index (χ2n) is 7.82. The summed E-state index contributed by atoms with van der Waals surface area (Å²) in [5.41, 5.74) is 0. The lowest BCUT2D eigenvalue weighted by Crippen LogP contribution is -2.49. The zero-order valence-corrected chi connectivity index (χ0v) is 17.6. The zero-order valence-electron chi connectivity index (χ0n) is 16.8. The SMILES string of the molecule is CN(C)C(=O)CN=C(NC1CCCCC1)NC1CCN(c2ncccc2Cl)C1. The Hall–Kier alpha value is -2.02. The Morgan fingerprint density at radius 1 is 1.25 bits per heavy atom. The molecule has 3 rings (SSSR count). The molecule has 28 heavy (non-hydrogen) atoms. The van der Waals surface area contributed by atoms with Crippen LogP contribution in [0.1, 0.15) is 38.5 Å². The van der Waals surface area contributed by atoms with Gasteiger partial charge in [0.25, 0.3) is 0 Å². The van der Waals surface area contributed by atoms with Gasteiger partial charge in [0.05, 0.1) is 5.02 Å². The van der Waals surface area contributed by atoms with E-state index in [4.69, 9.17) is 11.6 Å². The smallest absolute Gasteiger partial charge is 0.243 e. The molecule has 1 saturated heterocycles. The number of amides is 1. The van der Waals surface area contributed by atoms with Crippen LogP contribution in [0.5, 0.6) is 0 Å². The largest absolute Gasteiger partial charge is 0.354 e. The number of guanidine groups is 1. The number of nitrogens with zero attached hydrogens (tertiary/aromatic N) is 4. The molecule has 1 aromatic heterocycles. The molecule has 154 valence electrons. The average molecular weight is 407 g/mol. The number of pyridine rings is 1. The van der Waals surface area contributed by atoms with Crippen molar-refractivity contribution in [1.29, 1.82) is 0 Å². The summed E-state index contributed by atoms with van der Waals surface area (Å²) < 4.78 is 0. The third-order valence-electron chi connectivity index (χ3n) is 5.38. The summed E-state index contributed by atoms with van der Waals surface area (Å²) in [6.45, 7) is 1.85. The van der Waals surface area contributed by atoms with Crippen LogP contribution < -0.4 is 15.5 Å². The van der Waals surface area contributed by atoms with Crippen molar-refractivity contribution in [1.82, 2.24) is 20.5 Å².